The second-order valence-electron chi connectivity index (χ2n) is 4.80. The summed E-state index contributed by atoms with van der Waals surface area (Å²) in [7, 11) is 0. The van der Waals surface area contributed by atoms with Gasteiger partial charge in [-0.25, -0.2) is 0 Å². The van der Waals surface area contributed by atoms with E-state index in [9.17, 15) is 5.11 Å². The van der Waals surface area contributed by atoms with Gasteiger partial charge in [0.2, 0.25) is 6.75 Å². The summed E-state index contributed by atoms with van der Waals surface area (Å²) in [6.45, 7) is 2.56. The van der Waals surface area contributed by atoms with Gasteiger partial charge in [-0.1, -0.05) is 38.9 Å². The molecule has 0 saturated carbocycles. The molecule has 17 heavy (non-hydrogen) atoms. The van der Waals surface area contributed by atoms with Crippen molar-refractivity contribution in [3.8, 4) is 11.5 Å². The lowest BCUT2D eigenvalue weighted by Gasteiger charge is -2.22. The predicted molar refractivity (Wildman–Crippen MR) is 67.1 cm³/mol. The van der Waals surface area contributed by atoms with Crippen molar-refractivity contribution in [1.29, 1.82) is 0 Å². The minimum atomic E-state index is -2.27. The monoisotopic (exact) mass is 239 g/mol. The number of ether oxygens (including phenoxy) is 2. The summed E-state index contributed by atoms with van der Waals surface area (Å²) < 4.78 is 48.6. The molecule has 3 nitrogen and oxygen atoms in total. The summed E-state index contributed by atoms with van der Waals surface area (Å²) in [4.78, 5) is 0. The van der Waals surface area contributed by atoms with Gasteiger partial charge in [0.25, 0.3) is 0 Å². The molecule has 0 saturated heterocycles. The number of aliphatic hydroxyl groups is 1. The van der Waals surface area contributed by atoms with Crippen LogP contribution in [-0.4, -0.2) is 17.9 Å². The normalized spacial score (nSPS) is 26.7. The summed E-state index contributed by atoms with van der Waals surface area (Å²) in [5, 5.41) is 10.2. The number of hydrogen-bond donors (Lipinski definition) is 1. The third kappa shape index (κ3) is 2.80. The van der Waals surface area contributed by atoms with Crippen LogP contribution in [0.5, 0.6) is 11.5 Å². The van der Waals surface area contributed by atoms with E-state index in [1.165, 1.54) is 18.2 Å². The fraction of sp³-hybridized carbons (Fsp3) is 0.429. The van der Waals surface area contributed by atoms with Gasteiger partial charge in [0.1, 0.15) is 2.74 Å². The lowest BCUT2D eigenvalue weighted by molar-refractivity contribution is 0.106. The molecule has 2 rings (SSSR count). The van der Waals surface area contributed by atoms with Gasteiger partial charge in [0, 0.05) is 0 Å². The van der Waals surface area contributed by atoms with Crippen LogP contribution in [0.15, 0.2) is 24.3 Å². The molecule has 1 aromatic carbocycles. The van der Waals surface area contributed by atoms with Crippen LogP contribution in [0.2, 0.25) is 0 Å². The maximum absolute atomic E-state index is 10.2. The first-order valence-electron chi connectivity index (χ1n) is 7.78. The SMILES string of the molecule is [2H]/C(=C(/[2H])C([2H])(O)C(C)(C)C)c1ccc2c(c1)OC([2H])([2H])O2. The molecule has 0 amide bonds. The van der Waals surface area contributed by atoms with Crippen molar-refractivity contribution < 1.29 is 21.4 Å². The Kier molecular flexibility index (Phi) is 1.83. The largest absolute Gasteiger partial charge is 0.454 e. The molecule has 0 aromatic heterocycles. The van der Waals surface area contributed by atoms with Gasteiger partial charge < -0.3 is 14.6 Å². The first-order valence-corrected chi connectivity index (χ1v) is 5.28. The van der Waals surface area contributed by atoms with Gasteiger partial charge in [-0.3, -0.25) is 0 Å². The topological polar surface area (TPSA) is 38.7 Å². The van der Waals surface area contributed by atoms with Crippen molar-refractivity contribution in [2.75, 3.05) is 6.75 Å². The summed E-state index contributed by atoms with van der Waals surface area (Å²) in [6.07, 6.45) is -2.23. The Hall–Kier alpha value is -1.48. The third-order valence-corrected chi connectivity index (χ3v) is 2.28. The van der Waals surface area contributed by atoms with Gasteiger partial charge in [-0.2, -0.15) is 0 Å². The van der Waals surface area contributed by atoms with Crippen molar-refractivity contribution in [1.82, 2.24) is 0 Å². The van der Waals surface area contributed by atoms with E-state index in [4.69, 9.17) is 16.3 Å². The minimum absolute atomic E-state index is 0.115. The first kappa shape index (κ1) is 7.07. The first-order chi connectivity index (χ1) is 9.85. The van der Waals surface area contributed by atoms with E-state index in [0.29, 0.717) is 0 Å². The van der Waals surface area contributed by atoms with Crippen LogP contribution in [0, 0.1) is 5.41 Å². The van der Waals surface area contributed by atoms with Crippen LogP contribution in [0.1, 0.15) is 33.2 Å². The van der Waals surface area contributed by atoms with Gasteiger partial charge >= 0.3 is 0 Å². The second-order valence-corrected chi connectivity index (χ2v) is 4.80. The number of hydrogen-bond acceptors (Lipinski definition) is 3. The van der Waals surface area contributed by atoms with Crippen LogP contribution in [-0.2, 0) is 0 Å². The fourth-order valence-corrected chi connectivity index (χ4v) is 1.18. The summed E-state index contributed by atoms with van der Waals surface area (Å²) in [5.41, 5.74) is -0.704. The molecular weight excluding hydrogens is 216 g/mol. The minimum Gasteiger partial charge on any atom is -0.454 e. The van der Waals surface area contributed by atoms with Crippen molar-refractivity contribution >= 4 is 6.05 Å². The Morgan fingerprint density at radius 1 is 1.47 bits per heavy atom. The Morgan fingerprint density at radius 2 is 2.18 bits per heavy atom. The van der Waals surface area contributed by atoms with E-state index in [1.54, 1.807) is 20.8 Å². The average molecular weight is 239 g/mol. The zero-order chi connectivity index (χ0) is 16.9. The molecule has 1 atom stereocenters. The number of fused-ring (bicyclic) bond motifs is 1. The smallest absolute Gasteiger partial charge is 0.231 e. The van der Waals surface area contributed by atoms with Crippen molar-refractivity contribution in [2.24, 2.45) is 5.41 Å². The molecule has 0 bridgehead atoms. The molecule has 0 fully saturated rings. The van der Waals surface area contributed by atoms with Crippen LogP contribution in [0.25, 0.3) is 6.05 Å². The van der Waals surface area contributed by atoms with Crippen molar-refractivity contribution in [3.63, 3.8) is 0 Å². The summed E-state index contributed by atoms with van der Waals surface area (Å²) >= 11 is 0. The highest BCUT2D eigenvalue weighted by molar-refractivity contribution is 5.56. The highest BCUT2D eigenvalue weighted by atomic mass is 16.7. The molecule has 1 aliphatic rings. The maximum atomic E-state index is 10.2. The Labute approximate surface area is 109 Å². The van der Waals surface area contributed by atoms with Crippen LogP contribution < -0.4 is 9.47 Å². The fourth-order valence-electron chi connectivity index (χ4n) is 1.18. The van der Waals surface area contributed by atoms with E-state index in [-0.39, 0.29) is 23.1 Å². The number of rotatable bonds is 2. The lowest BCUT2D eigenvalue weighted by Crippen LogP contribution is -2.23. The predicted octanol–water partition coefficient (Wildman–Crippen LogP) is 2.84. The molecule has 1 heterocycles. The Bertz CT molecular complexity index is 632. The van der Waals surface area contributed by atoms with Crippen LogP contribution in [0.3, 0.4) is 0 Å². The zero-order valence-electron chi connectivity index (χ0n) is 15.0. The van der Waals surface area contributed by atoms with Gasteiger partial charge in [-0.15, -0.1) is 0 Å². The Balaban J connectivity index is 2.43. The van der Waals surface area contributed by atoms with E-state index in [1.807, 2.05) is 0 Å². The lowest BCUT2D eigenvalue weighted by atomic mass is 9.89. The molecule has 92 valence electrons. The average Bonchev–Trinajstić information content (AvgIpc) is 2.68. The molecule has 1 aromatic rings. The van der Waals surface area contributed by atoms with Crippen molar-refractivity contribution in [3.05, 3.63) is 29.8 Å². The zero-order valence-corrected chi connectivity index (χ0v) is 10.00. The molecule has 1 aliphatic heterocycles. The quantitative estimate of drug-likeness (QED) is 0.862. The molecule has 0 radical (unpaired) electrons. The van der Waals surface area contributed by atoms with E-state index in [0.717, 1.165) is 0 Å². The van der Waals surface area contributed by atoms with Crippen molar-refractivity contribution in [2.45, 2.75) is 26.9 Å². The standard InChI is InChI=1S/C14H18O3/c1-14(2,3)13(15)7-5-10-4-6-11-12(8-10)17-9-16-11/h4-8,13,15H,9H2,1-3H3/b7-5+/i5D,7D,9D2,13D. The summed E-state index contributed by atoms with van der Waals surface area (Å²) in [6, 6.07) is 3.38. The molecule has 1 N–H and O–H groups in total. The maximum Gasteiger partial charge on any atom is 0.231 e. The van der Waals surface area contributed by atoms with E-state index in [2.05, 4.69) is 0 Å². The molecule has 0 aliphatic carbocycles. The van der Waals surface area contributed by atoms with Gasteiger partial charge in [0.05, 0.1) is 10.2 Å². The summed E-state index contributed by atoms with van der Waals surface area (Å²) in [5.74, 6) is 0.314. The van der Waals surface area contributed by atoms with Gasteiger partial charge in [-0.05, 0) is 23.1 Å². The third-order valence-electron chi connectivity index (χ3n) is 2.28. The molecular formula is C14H18O3. The highest BCUT2D eigenvalue weighted by Crippen LogP contribution is 2.33. The molecule has 1 unspecified atom stereocenters. The highest BCUT2D eigenvalue weighted by Gasteiger charge is 2.19. The van der Waals surface area contributed by atoms with Crippen LogP contribution >= 0.6 is 0 Å². The molecule has 0 spiro atoms. The second kappa shape index (κ2) is 4.41. The van der Waals surface area contributed by atoms with E-state index >= 15 is 0 Å². The molecule has 3 heteroatoms. The van der Waals surface area contributed by atoms with Gasteiger partial charge in [0.15, 0.2) is 11.5 Å². The Morgan fingerprint density at radius 3 is 2.88 bits per heavy atom. The number of benzene rings is 1. The van der Waals surface area contributed by atoms with Crippen LogP contribution in [0.4, 0.5) is 0 Å². The van der Waals surface area contributed by atoms with E-state index < -0.39 is 24.3 Å².